The van der Waals surface area contributed by atoms with E-state index < -0.39 is 0 Å². The molecule has 0 saturated heterocycles. The third kappa shape index (κ3) is 2.00. The average Bonchev–Trinajstić information content (AvgIpc) is 2.39. The van der Waals surface area contributed by atoms with Crippen LogP contribution < -0.4 is 9.47 Å². The summed E-state index contributed by atoms with van der Waals surface area (Å²) in [5.41, 5.74) is 0.923. The molecule has 8 nitrogen and oxygen atoms in total. The van der Waals surface area contributed by atoms with Crippen LogP contribution in [0.3, 0.4) is 0 Å². The molecule has 0 aliphatic heterocycles. The number of hydrogen-bond acceptors (Lipinski definition) is 8. The van der Waals surface area contributed by atoms with Crippen LogP contribution in [0.2, 0.25) is 0 Å². The van der Waals surface area contributed by atoms with Gasteiger partial charge in [-0.3, -0.25) is 0 Å². The molecule has 0 aromatic carbocycles. The number of hydrogen-bond donors (Lipinski definition) is 0. The first-order chi connectivity index (χ1) is 7.83. The standard InChI is InChI=1S/C8H8N6O2/c1-15-7-9-3-5(11-13-7)6-4-10-8(16-2)14-12-6/h3-4H,1-2H3. The van der Waals surface area contributed by atoms with Gasteiger partial charge in [-0.15, -0.1) is 10.2 Å². The molecule has 0 atom stereocenters. The third-order valence-electron chi connectivity index (χ3n) is 1.71. The summed E-state index contributed by atoms with van der Waals surface area (Å²) in [6, 6.07) is 0.386. The molecule has 0 radical (unpaired) electrons. The van der Waals surface area contributed by atoms with E-state index in [9.17, 15) is 0 Å². The summed E-state index contributed by atoms with van der Waals surface area (Å²) in [6.07, 6.45) is 2.95. The minimum atomic E-state index is 0.193. The van der Waals surface area contributed by atoms with Crippen LogP contribution >= 0.6 is 0 Å². The van der Waals surface area contributed by atoms with Crippen LogP contribution in [-0.4, -0.2) is 44.6 Å². The van der Waals surface area contributed by atoms with E-state index in [1.807, 2.05) is 0 Å². The Labute approximate surface area is 90.7 Å². The second kappa shape index (κ2) is 4.43. The summed E-state index contributed by atoms with van der Waals surface area (Å²) in [5.74, 6) is 0. The van der Waals surface area contributed by atoms with E-state index in [1.54, 1.807) is 0 Å². The number of aromatic nitrogens is 6. The van der Waals surface area contributed by atoms with Crippen molar-refractivity contribution in [1.29, 1.82) is 0 Å². The van der Waals surface area contributed by atoms with Crippen LogP contribution in [-0.2, 0) is 0 Å². The summed E-state index contributed by atoms with van der Waals surface area (Å²) >= 11 is 0. The summed E-state index contributed by atoms with van der Waals surface area (Å²) in [7, 11) is 2.93. The quantitative estimate of drug-likeness (QED) is 0.698. The summed E-state index contributed by atoms with van der Waals surface area (Å²) < 4.78 is 9.57. The molecule has 2 aromatic rings. The first-order valence-electron chi connectivity index (χ1n) is 4.31. The van der Waals surface area contributed by atoms with Gasteiger partial charge in [0.05, 0.1) is 26.6 Å². The summed E-state index contributed by atoms with van der Waals surface area (Å²) in [6.45, 7) is 0. The lowest BCUT2D eigenvalue weighted by Gasteiger charge is -1.99. The van der Waals surface area contributed by atoms with Gasteiger partial charge in [0, 0.05) is 0 Å². The Morgan fingerprint density at radius 1 is 0.750 bits per heavy atom. The normalized spacial score (nSPS) is 9.88. The van der Waals surface area contributed by atoms with Gasteiger partial charge in [0.1, 0.15) is 11.4 Å². The number of rotatable bonds is 3. The largest absolute Gasteiger partial charge is 0.466 e. The molecule has 0 spiro atoms. The molecule has 16 heavy (non-hydrogen) atoms. The Bertz CT molecular complexity index is 411. The first kappa shape index (κ1) is 10.1. The second-order valence-corrected chi connectivity index (χ2v) is 2.66. The third-order valence-corrected chi connectivity index (χ3v) is 1.71. The maximum atomic E-state index is 4.79. The van der Waals surface area contributed by atoms with Gasteiger partial charge in [0.25, 0.3) is 0 Å². The van der Waals surface area contributed by atoms with E-state index in [-0.39, 0.29) is 12.0 Å². The van der Waals surface area contributed by atoms with Crippen LogP contribution in [0.5, 0.6) is 12.0 Å². The molecule has 8 heteroatoms. The monoisotopic (exact) mass is 220 g/mol. The highest BCUT2D eigenvalue weighted by Crippen LogP contribution is 2.11. The fourth-order valence-electron chi connectivity index (χ4n) is 0.951. The van der Waals surface area contributed by atoms with Crippen LogP contribution in [0.4, 0.5) is 0 Å². The van der Waals surface area contributed by atoms with Crippen molar-refractivity contribution in [3.05, 3.63) is 12.4 Å². The molecule has 0 fully saturated rings. The van der Waals surface area contributed by atoms with E-state index in [0.29, 0.717) is 11.4 Å². The lowest BCUT2D eigenvalue weighted by molar-refractivity contribution is 0.372. The Morgan fingerprint density at radius 3 is 1.44 bits per heavy atom. The zero-order valence-corrected chi connectivity index (χ0v) is 8.65. The van der Waals surface area contributed by atoms with E-state index in [0.717, 1.165) is 0 Å². The maximum Gasteiger partial charge on any atom is 0.335 e. The molecule has 82 valence electrons. The molecule has 2 rings (SSSR count). The molecule has 0 N–H and O–H groups in total. The summed E-state index contributed by atoms with van der Waals surface area (Å²) in [4.78, 5) is 7.79. The second-order valence-electron chi connectivity index (χ2n) is 2.66. The maximum absolute atomic E-state index is 4.79. The van der Waals surface area contributed by atoms with Crippen molar-refractivity contribution < 1.29 is 9.47 Å². The van der Waals surface area contributed by atoms with Crippen molar-refractivity contribution >= 4 is 0 Å². The fourth-order valence-corrected chi connectivity index (χ4v) is 0.951. The molecule has 0 amide bonds. The Morgan fingerprint density at radius 2 is 1.19 bits per heavy atom. The molecular formula is C8H8N6O2. The fraction of sp³-hybridized carbons (Fsp3) is 0.250. The summed E-state index contributed by atoms with van der Waals surface area (Å²) in [5, 5.41) is 15.1. The van der Waals surface area contributed by atoms with Crippen LogP contribution in [0, 0.1) is 0 Å². The average molecular weight is 220 g/mol. The van der Waals surface area contributed by atoms with Crippen molar-refractivity contribution in [2.45, 2.75) is 0 Å². The lowest BCUT2D eigenvalue weighted by Crippen LogP contribution is -1.99. The van der Waals surface area contributed by atoms with Gasteiger partial charge in [-0.1, -0.05) is 10.2 Å². The highest BCUT2D eigenvalue weighted by Gasteiger charge is 2.05. The SMILES string of the molecule is COc1ncc(-c2cnc(OC)nn2)nn1. The van der Waals surface area contributed by atoms with Gasteiger partial charge in [-0.25, -0.2) is 9.97 Å². The van der Waals surface area contributed by atoms with Crippen molar-refractivity contribution in [2.75, 3.05) is 14.2 Å². The molecule has 0 bridgehead atoms. The van der Waals surface area contributed by atoms with Gasteiger partial charge >= 0.3 is 12.0 Å². The van der Waals surface area contributed by atoms with Gasteiger partial charge in [0.15, 0.2) is 0 Å². The lowest BCUT2D eigenvalue weighted by atomic mass is 10.4. The highest BCUT2D eigenvalue weighted by atomic mass is 16.5. The van der Waals surface area contributed by atoms with Crippen LogP contribution in [0.25, 0.3) is 11.4 Å². The van der Waals surface area contributed by atoms with Crippen LogP contribution in [0.15, 0.2) is 12.4 Å². The predicted octanol–water partition coefficient (Wildman–Crippen LogP) is -0.259. The molecule has 2 aromatic heterocycles. The number of methoxy groups -OCH3 is 2. The Balaban J connectivity index is 2.28. The van der Waals surface area contributed by atoms with Gasteiger partial charge in [-0.05, 0) is 0 Å². The van der Waals surface area contributed by atoms with Gasteiger partial charge in [0.2, 0.25) is 0 Å². The molecular weight excluding hydrogens is 212 g/mol. The van der Waals surface area contributed by atoms with Gasteiger partial charge in [-0.2, -0.15) is 0 Å². The van der Waals surface area contributed by atoms with Crippen LogP contribution in [0.1, 0.15) is 0 Å². The smallest absolute Gasteiger partial charge is 0.335 e. The topological polar surface area (TPSA) is 95.8 Å². The molecule has 0 unspecified atom stereocenters. The minimum Gasteiger partial charge on any atom is -0.466 e. The van der Waals surface area contributed by atoms with Gasteiger partial charge < -0.3 is 9.47 Å². The highest BCUT2D eigenvalue weighted by molar-refractivity contribution is 5.49. The molecule has 0 aliphatic rings. The van der Waals surface area contributed by atoms with E-state index in [2.05, 4.69) is 30.4 Å². The minimum absolute atomic E-state index is 0.193. The number of nitrogens with zero attached hydrogens (tertiary/aromatic N) is 6. The number of ether oxygens (including phenoxy) is 2. The van der Waals surface area contributed by atoms with Crippen molar-refractivity contribution in [2.24, 2.45) is 0 Å². The van der Waals surface area contributed by atoms with Crippen molar-refractivity contribution in [3.63, 3.8) is 0 Å². The van der Waals surface area contributed by atoms with E-state index in [4.69, 9.17) is 9.47 Å². The van der Waals surface area contributed by atoms with Crippen molar-refractivity contribution in [3.8, 4) is 23.4 Å². The van der Waals surface area contributed by atoms with Crippen molar-refractivity contribution in [1.82, 2.24) is 30.4 Å². The Hall–Kier alpha value is -2.38. The first-order valence-corrected chi connectivity index (χ1v) is 4.31. The zero-order chi connectivity index (χ0) is 11.4. The molecule has 0 saturated carbocycles. The molecule has 2 heterocycles. The van der Waals surface area contributed by atoms with E-state index in [1.165, 1.54) is 26.6 Å². The van der Waals surface area contributed by atoms with E-state index >= 15 is 0 Å². The molecule has 0 aliphatic carbocycles. The Kier molecular flexibility index (Phi) is 2.81. The zero-order valence-electron chi connectivity index (χ0n) is 8.65. The predicted molar refractivity (Wildman–Crippen MR) is 51.8 cm³/mol.